The fourth-order valence-electron chi connectivity index (χ4n) is 5.09. The van der Waals surface area contributed by atoms with Crippen molar-refractivity contribution in [2.45, 2.75) is 70.4 Å². The minimum atomic E-state index is -0.158. The average molecular weight is 475 g/mol. The van der Waals surface area contributed by atoms with Crippen LogP contribution in [0, 0.1) is 6.92 Å². The minimum Gasteiger partial charge on any atom is -0.362 e. The van der Waals surface area contributed by atoms with Crippen molar-refractivity contribution in [2.24, 2.45) is 0 Å². The van der Waals surface area contributed by atoms with E-state index in [4.69, 9.17) is 9.97 Å². The summed E-state index contributed by atoms with van der Waals surface area (Å²) in [6.07, 6.45) is 8.22. The first-order valence-electron chi connectivity index (χ1n) is 12.6. The average Bonchev–Trinajstić information content (AvgIpc) is 3.27. The lowest BCUT2D eigenvalue weighted by molar-refractivity contribution is 0.0920. The smallest absolute Gasteiger partial charge is 0.273 e. The Morgan fingerprint density at radius 2 is 1.69 bits per heavy atom. The molecule has 0 unspecified atom stereocenters. The van der Waals surface area contributed by atoms with Crippen molar-refractivity contribution in [1.82, 2.24) is 30.3 Å². The number of benzene rings is 1. The summed E-state index contributed by atoms with van der Waals surface area (Å²) in [6, 6.07) is 10.1. The number of rotatable bonds is 6. The van der Waals surface area contributed by atoms with Crippen LogP contribution in [-0.2, 0) is 12.8 Å². The van der Waals surface area contributed by atoms with Crippen molar-refractivity contribution in [3.63, 3.8) is 0 Å². The topological polar surface area (TPSA) is 101 Å². The van der Waals surface area contributed by atoms with Crippen LogP contribution in [-0.4, -0.2) is 57.0 Å². The highest BCUT2D eigenvalue weighted by Crippen LogP contribution is 2.29. The lowest BCUT2D eigenvalue weighted by atomic mass is 9.91. The van der Waals surface area contributed by atoms with Crippen molar-refractivity contribution < 1.29 is 4.79 Å². The first-order chi connectivity index (χ1) is 17.0. The van der Waals surface area contributed by atoms with E-state index in [0.717, 1.165) is 56.0 Å². The summed E-state index contributed by atoms with van der Waals surface area (Å²) in [5.74, 6) is 1.61. The number of para-hydroxylation sites is 1. The Morgan fingerprint density at radius 1 is 0.971 bits per heavy atom. The van der Waals surface area contributed by atoms with E-state index in [0.29, 0.717) is 17.4 Å². The Bertz CT molecular complexity index is 1180. The van der Waals surface area contributed by atoms with Crippen LogP contribution in [0.15, 0.2) is 30.3 Å². The van der Waals surface area contributed by atoms with E-state index in [1.54, 1.807) is 0 Å². The molecule has 1 aromatic carbocycles. The second kappa shape index (κ2) is 10.0. The Kier molecular flexibility index (Phi) is 6.66. The van der Waals surface area contributed by atoms with Gasteiger partial charge in [0.05, 0.1) is 17.1 Å². The maximum absolute atomic E-state index is 12.9. The highest BCUT2D eigenvalue weighted by atomic mass is 16.2. The molecule has 0 aliphatic heterocycles. The van der Waals surface area contributed by atoms with Crippen LogP contribution in [0.3, 0.4) is 0 Å². The van der Waals surface area contributed by atoms with Gasteiger partial charge in [0.1, 0.15) is 5.82 Å². The molecule has 9 nitrogen and oxygen atoms in total. The summed E-state index contributed by atoms with van der Waals surface area (Å²) in [6.45, 7) is 1.82. The van der Waals surface area contributed by atoms with Gasteiger partial charge in [-0.3, -0.25) is 4.79 Å². The van der Waals surface area contributed by atoms with Crippen molar-refractivity contribution in [3.8, 4) is 5.69 Å². The van der Waals surface area contributed by atoms with E-state index in [1.165, 1.54) is 28.9 Å². The molecule has 2 heterocycles. The maximum atomic E-state index is 12.9. The van der Waals surface area contributed by atoms with Crippen LogP contribution < -0.4 is 15.5 Å². The third-order valence-corrected chi connectivity index (χ3v) is 6.96. The van der Waals surface area contributed by atoms with Gasteiger partial charge < -0.3 is 15.5 Å². The molecule has 2 aromatic heterocycles. The number of nitrogens with one attached hydrogen (secondary N) is 2. The Hall–Kier alpha value is -3.49. The summed E-state index contributed by atoms with van der Waals surface area (Å²) < 4.78 is 0. The predicted octanol–water partition coefficient (Wildman–Crippen LogP) is 3.46. The molecule has 35 heavy (non-hydrogen) atoms. The summed E-state index contributed by atoms with van der Waals surface area (Å²) in [5.41, 5.74) is 4.34. The highest BCUT2D eigenvalue weighted by molar-refractivity contribution is 5.93. The van der Waals surface area contributed by atoms with Gasteiger partial charge in [-0.25, -0.2) is 4.98 Å². The number of amides is 1. The van der Waals surface area contributed by atoms with E-state index in [2.05, 4.69) is 39.8 Å². The molecule has 0 radical (unpaired) electrons. The van der Waals surface area contributed by atoms with E-state index < -0.39 is 0 Å². The zero-order valence-corrected chi connectivity index (χ0v) is 20.8. The van der Waals surface area contributed by atoms with Crippen molar-refractivity contribution >= 4 is 17.7 Å². The van der Waals surface area contributed by atoms with Crippen LogP contribution in [0.1, 0.15) is 66.0 Å². The summed E-state index contributed by atoms with van der Waals surface area (Å²) in [5, 5.41) is 15.6. The molecule has 1 fully saturated rings. The molecule has 2 aliphatic rings. The fraction of sp³-hybridized carbons (Fsp3) is 0.500. The second-order valence-corrected chi connectivity index (χ2v) is 9.82. The molecule has 0 atom stereocenters. The molecule has 0 bridgehead atoms. The zero-order valence-electron chi connectivity index (χ0n) is 20.8. The minimum absolute atomic E-state index is 0.128. The largest absolute Gasteiger partial charge is 0.362 e. The predicted molar refractivity (Wildman–Crippen MR) is 136 cm³/mol. The van der Waals surface area contributed by atoms with Gasteiger partial charge in [0.2, 0.25) is 5.95 Å². The SMILES string of the molecule is Cc1nn(-c2ccccc2)nc1C(=O)N[C@H]1CC[C@@H](Nc2nc3c(c(N(C)C)n2)CCCC3)CC1. The van der Waals surface area contributed by atoms with Gasteiger partial charge in [-0.2, -0.15) is 14.9 Å². The van der Waals surface area contributed by atoms with Gasteiger partial charge in [-0.1, -0.05) is 18.2 Å². The van der Waals surface area contributed by atoms with Gasteiger partial charge in [0, 0.05) is 31.7 Å². The molecule has 0 spiro atoms. The van der Waals surface area contributed by atoms with Crippen LogP contribution in [0.4, 0.5) is 11.8 Å². The molecule has 2 N–H and O–H groups in total. The number of hydrogen-bond acceptors (Lipinski definition) is 7. The van der Waals surface area contributed by atoms with Crippen LogP contribution >= 0.6 is 0 Å². The third-order valence-electron chi connectivity index (χ3n) is 6.96. The van der Waals surface area contributed by atoms with Crippen LogP contribution in [0.25, 0.3) is 5.69 Å². The normalized spacial score (nSPS) is 19.6. The summed E-state index contributed by atoms with van der Waals surface area (Å²) in [7, 11) is 4.10. The van der Waals surface area contributed by atoms with Gasteiger partial charge in [-0.15, -0.1) is 5.10 Å². The molecule has 2 aliphatic carbocycles. The molecule has 0 saturated heterocycles. The number of aromatic nitrogens is 5. The van der Waals surface area contributed by atoms with Crippen LogP contribution in [0.5, 0.6) is 0 Å². The number of carbonyl (C=O) groups is 1. The number of anilines is 2. The molecule has 1 amide bonds. The summed E-state index contributed by atoms with van der Waals surface area (Å²) >= 11 is 0. The molecule has 5 rings (SSSR count). The maximum Gasteiger partial charge on any atom is 0.273 e. The lowest BCUT2D eigenvalue weighted by Crippen LogP contribution is -2.40. The quantitative estimate of drug-likeness (QED) is 0.564. The van der Waals surface area contributed by atoms with E-state index in [9.17, 15) is 4.79 Å². The molecule has 3 aromatic rings. The molecular weight excluding hydrogens is 440 g/mol. The lowest BCUT2D eigenvalue weighted by Gasteiger charge is -2.30. The monoisotopic (exact) mass is 474 g/mol. The number of fused-ring (bicyclic) bond motifs is 1. The molecule has 1 saturated carbocycles. The third kappa shape index (κ3) is 5.13. The fourth-order valence-corrected chi connectivity index (χ4v) is 5.09. The standard InChI is InChI=1S/C26H34N8O/c1-17-23(32-34(31-17)20-9-5-4-6-10-20)25(35)27-18-13-15-19(16-14-18)28-26-29-22-12-8-7-11-21(22)24(30-26)33(2)3/h4-6,9-10,18-19H,7-8,11-16H2,1-3H3,(H,27,35)(H,28,29,30)/t18-,19+. The first-order valence-corrected chi connectivity index (χ1v) is 12.6. The number of hydrogen-bond donors (Lipinski definition) is 2. The Labute approximate surface area is 206 Å². The van der Waals surface area contributed by atoms with E-state index in [-0.39, 0.29) is 11.9 Å². The number of nitrogens with zero attached hydrogens (tertiary/aromatic N) is 6. The van der Waals surface area contributed by atoms with E-state index in [1.807, 2.05) is 37.3 Å². The van der Waals surface area contributed by atoms with Gasteiger partial charge in [0.15, 0.2) is 5.69 Å². The van der Waals surface area contributed by atoms with Crippen molar-refractivity contribution in [1.29, 1.82) is 0 Å². The van der Waals surface area contributed by atoms with Crippen molar-refractivity contribution in [2.75, 3.05) is 24.3 Å². The Morgan fingerprint density at radius 3 is 2.43 bits per heavy atom. The van der Waals surface area contributed by atoms with Crippen LogP contribution in [0.2, 0.25) is 0 Å². The highest BCUT2D eigenvalue weighted by Gasteiger charge is 2.26. The molecule has 9 heteroatoms. The van der Waals surface area contributed by atoms with Gasteiger partial charge in [0.25, 0.3) is 5.91 Å². The first kappa shape index (κ1) is 23.3. The number of carbonyl (C=O) groups excluding carboxylic acids is 1. The van der Waals surface area contributed by atoms with Crippen molar-refractivity contribution in [3.05, 3.63) is 53.0 Å². The number of aryl methyl sites for hydroxylation is 2. The Balaban J connectivity index is 1.18. The molecule has 184 valence electrons. The van der Waals surface area contributed by atoms with Gasteiger partial charge >= 0.3 is 0 Å². The second-order valence-electron chi connectivity index (χ2n) is 9.82. The molecular formula is C26H34N8O. The summed E-state index contributed by atoms with van der Waals surface area (Å²) in [4.78, 5) is 26.2. The van der Waals surface area contributed by atoms with E-state index >= 15 is 0 Å². The zero-order chi connectivity index (χ0) is 24.4. The van der Waals surface area contributed by atoms with Gasteiger partial charge in [-0.05, 0) is 70.4 Å².